The molecule has 1 nitrogen and oxygen atoms in total. The number of aryl methyl sites for hydroxylation is 4. The van der Waals surface area contributed by atoms with Crippen LogP contribution in [0.3, 0.4) is 0 Å². The van der Waals surface area contributed by atoms with Crippen molar-refractivity contribution in [3.8, 4) is 11.3 Å². The minimum atomic E-state index is 1.30. The highest BCUT2D eigenvalue weighted by Gasteiger charge is 2.15. The Balaban J connectivity index is 2.44. The van der Waals surface area contributed by atoms with E-state index in [2.05, 4.69) is 74.9 Å². The number of benzene rings is 2. The smallest absolute Gasteiger partial charge is 0.0523 e. The van der Waals surface area contributed by atoms with Crippen LogP contribution in [0.5, 0.6) is 0 Å². The van der Waals surface area contributed by atoms with Crippen LogP contribution in [0.15, 0.2) is 42.5 Å². The molecule has 0 saturated carbocycles. The van der Waals surface area contributed by atoms with Gasteiger partial charge in [0.2, 0.25) is 0 Å². The summed E-state index contributed by atoms with van der Waals surface area (Å²) in [4.78, 5) is 0. The van der Waals surface area contributed by atoms with Gasteiger partial charge in [-0.1, -0.05) is 36.4 Å². The maximum atomic E-state index is 2.32. The van der Waals surface area contributed by atoms with E-state index in [0.717, 1.165) is 0 Å². The summed E-state index contributed by atoms with van der Waals surface area (Å²) in [5.74, 6) is 0. The van der Waals surface area contributed by atoms with E-state index in [0.29, 0.717) is 0 Å². The van der Waals surface area contributed by atoms with E-state index in [1.165, 1.54) is 38.9 Å². The number of nitrogens with zero attached hydrogens (tertiary/aromatic N) is 1. The summed E-state index contributed by atoms with van der Waals surface area (Å²) in [6.07, 6.45) is 0. The van der Waals surface area contributed by atoms with E-state index in [9.17, 15) is 0 Å². The third kappa shape index (κ3) is 1.69. The molecule has 0 radical (unpaired) electrons. The molecule has 3 rings (SSSR count). The average molecular weight is 249 g/mol. The van der Waals surface area contributed by atoms with Gasteiger partial charge in [0, 0.05) is 23.5 Å². The highest BCUT2D eigenvalue weighted by atomic mass is 14.9. The maximum absolute atomic E-state index is 2.32. The molecule has 0 unspecified atom stereocenters. The highest BCUT2D eigenvalue weighted by Crippen LogP contribution is 2.35. The molecule has 0 atom stereocenters. The van der Waals surface area contributed by atoms with Gasteiger partial charge in [-0.3, -0.25) is 0 Å². The second-order valence-corrected chi connectivity index (χ2v) is 5.32. The zero-order valence-electron chi connectivity index (χ0n) is 12.0. The monoisotopic (exact) mass is 249 g/mol. The summed E-state index contributed by atoms with van der Waals surface area (Å²) in [7, 11) is 2.16. The van der Waals surface area contributed by atoms with Crippen LogP contribution in [-0.2, 0) is 7.05 Å². The third-order valence-electron chi connectivity index (χ3n) is 4.08. The number of hydrogen-bond acceptors (Lipinski definition) is 0. The molecule has 0 spiro atoms. The van der Waals surface area contributed by atoms with Crippen molar-refractivity contribution in [3.63, 3.8) is 0 Å². The summed E-state index contributed by atoms with van der Waals surface area (Å²) in [5.41, 5.74) is 8.08. The Morgan fingerprint density at radius 3 is 2.05 bits per heavy atom. The lowest BCUT2D eigenvalue weighted by molar-refractivity contribution is 0.970. The van der Waals surface area contributed by atoms with Gasteiger partial charge < -0.3 is 4.57 Å². The average Bonchev–Trinajstić information content (AvgIpc) is 2.64. The van der Waals surface area contributed by atoms with E-state index in [1.54, 1.807) is 0 Å². The second kappa shape index (κ2) is 4.27. The standard InChI is InChI=1S/C18H19N/c1-12-8-7-9-13(2)17(12)18-14(3)15-10-5-6-11-16(15)19(18)4/h5-11H,1-4H3. The van der Waals surface area contributed by atoms with Crippen molar-refractivity contribution < 1.29 is 0 Å². The minimum Gasteiger partial charge on any atom is -0.343 e. The number of aromatic nitrogens is 1. The lowest BCUT2D eigenvalue weighted by atomic mass is 9.97. The fraction of sp³-hybridized carbons (Fsp3) is 0.222. The molecule has 0 aliphatic rings. The van der Waals surface area contributed by atoms with Crippen molar-refractivity contribution in [3.05, 3.63) is 59.2 Å². The molecule has 0 aliphatic heterocycles. The van der Waals surface area contributed by atoms with Gasteiger partial charge in [0.05, 0.1) is 5.69 Å². The molecule has 0 amide bonds. The maximum Gasteiger partial charge on any atom is 0.0523 e. The Labute approximate surface area is 114 Å². The van der Waals surface area contributed by atoms with E-state index in [4.69, 9.17) is 0 Å². The lowest BCUT2D eigenvalue weighted by Crippen LogP contribution is -1.96. The molecule has 0 N–H and O–H groups in total. The van der Waals surface area contributed by atoms with Crippen LogP contribution in [0.1, 0.15) is 16.7 Å². The molecular weight excluding hydrogens is 230 g/mol. The number of rotatable bonds is 1. The van der Waals surface area contributed by atoms with Crippen molar-refractivity contribution >= 4 is 10.9 Å². The molecule has 0 fully saturated rings. The predicted molar refractivity (Wildman–Crippen MR) is 82.6 cm³/mol. The van der Waals surface area contributed by atoms with Gasteiger partial charge >= 0.3 is 0 Å². The minimum absolute atomic E-state index is 1.30. The predicted octanol–water partition coefficient (Wildman–Crippen LogP) is 4.77. The van der Waals surface area contributed by atoms with Crippen LogP contribution < -0.4 is 0 Å². The fourth-order valence-electron chi connectivity index (χ4n) is 3.13. The molecule has 0 saturated heterocycles. The molecule has 19 heavy (non-hydrogen) atoms. The molecule has 3 aromatic rings. The van der Waals surface area contributed by atoms with Crippen LogP contribution in [0.2, 0.25) is 0 Å². The number of fused-ring (bicyclic) bond motifs is 1. The van der Waals surface area contributed by atoms with Crippen molar-refractivity contribution in [2.24, 2.45) is 7.05 Å². The summed E-state index contributed by atoms with van der Waals surface area (Å²) in [5, 5.41) is 1.35. The second-order valence-electron chi connectivity index (χ2n) is 5.32. The molecule has 96 valence electrons. The van der Waals surface area contributed by atoms with Crippen LogP contribution in [0.4, 0.5) is 0 Å². The van der Waals surface area contributed by atoms with Crippen molar-refractivity contribution in [2.75, 3.05) is 0 Å². The van der Waals surface area contributed by atoms with Gasteiger partial charge in [-0.15, -0.1) is 0 Å². The van der Waals surface area contributed by atoms with Crippen LogP contribution in [-0.4, -0.2) is 4.57 Å². The van der Waals surface area contributed by atoms with Gasteiger partial charge in [0.15, 0.2) is 0 Å². The lowest BCUT2D eigenvalue weighted by Gasteiger charge is -2.12. The Bertz CT molecular complexity index is 703. The Morgan fingerprint density at radius 2 is 1.42 bits per heavy atom. The van der Waals surface area contributed by atoms with Gasteiger partial charge in [-0.05, 0) is 43.5 Å². The normalized spacial score (nSPS) is 11.2. The Kier molecular flexibility index (Phi) is 2.70. The molecule has 0 aliphatic carbocycles. The van der Waals surface area contributed by atoms with Gasteiger partial charge in [0.1, 0.15) is 0 Å². The van der Waals surface area contributed by atoms with Crippen LogP contribution in [0, 0.1) is 20.8 Å². The Morgan fingerprint density at radius 1 is 0.789 bits per heavy atom. The first kappa shape index (κ1) is 12.0. The number of para-hydroxylation sites is 1. The molecule has 0 bridgehead atoms. The highest BCUT2D eigenvalue weighted by molar-refractivity contribution is 5.92. The molecule has 1 aromatic heterocycles. The summed E-state index contributed by atoms with van der Waals surface area (Å²) in [6, 6.07) is 15.1. The van der Waals surface area contributed by atoms with Crippen LogP contribution in [0.25, 0.3) is 22.2 Å². The summed E-state index contributed by atoms with van der Waals surface area (Å²) >= 11 is 0. The topological polar surface area (TPSA) is 4.93 Å². The molecule has 1 heterocycles. The van der Waals surface area contributed by atoms with E-state index >= 15 is 0 Å². The summed E-state index contributed by atoms with van der Waals surface area (Å²) in [6.45, 7) is 6.61. The van der Waals surface area contributed by atoms with E-state index in [-0.39, 0.29) is 0 Å². The zero-order valence-corrected chi connectivity index (χ0v) is 12.0. The van der Waals surface area contributed by atoms with Crippen molar-refractivity contribution in [1.29, 1.82) is 0 Å². The van der Waals surface area contributed by atoms with Crippen molar-refractivity contribution in [2.45, 2.75) is 20.8 Å². The SMILES string of the molecule is Cc1cccc(C)c1-c1c(C)c2ccccc2n1C. The summed E-state index contributed by atoms with van der Waals surface area (Å²) < 4.78 is 2.32. The van der Waals surface area contributed by atoms with Crippen molar-refractivity contribution in [1.82, 2.24) is 4.57 Å². The zero-order chi connectivity index (χ0) is 13.6. The molecule has 2 aromatic carbocycles. The first-order chi connectivity index (χ1) is 9.11. The third-order valence-corrected chi connectivity index (χ3v) is 4.08. The van der Waals surface area contributed by atoms with Gasteiger partial charge in [-0.25, -0.2) is 0 Å². The van der Waals surface area contributed by atoms with Gasteiger partial charge in [-0.2, -0.15) is 0 Å². The molecular formula is C18H19N. The fourth-order valence-corrected chi connectivity index (χ4v) is 3.13. The first-order valence-electron chi connectivity index (χ1n) is 6.72. The van der Waals surface area contributed by atoms with E-state index < -0.39 is 0 Å². The quantitative estimate of drug-likeness (QED) is 0.585. The molecule has 1 heteroatoms. The largest absolute Gasteiger partial charge is 0.343 e. The van der Waals surface area contributed by atoms with Crippen LogP contribution >= 0.6 is 0 Å². The van der Waals surface area contributed by atoms with E-state index in [1.807, 2.05) is 0 Å². The van der Waals surface area contributed by atoms with Gasteiger partial charge in [0.25, 0.3) is 0 Å². The Hall–Kier alpha value is -2.02. The number of hydrogen-bond donors (Lipinski definition) is 0. The first-order valence-corrected chi connectivity index (χ1v) is 6.72.